The summed E-state index contributed by atoms with van der Waals surface area (Å²) in [6, 6.07) is 7.83. The Morgan fingerprint density at radius 3 is 2.05 bits per heavy atom. The summed E-state index contributed by atoms with van der Waals surface area (Å²) >= 11 is 0. The predicted octanol–water partition coefficient (Wildman–Crippen LogP) is 2.63. The van der Waals surface area contributed by atoms with Crippen LogP contribution < -0.4 is 5.14 Å². The van der Waals surface area contributed by atoms with Gasteiger partial charge >= 0.3 is 6.03 Å². The summed E-state index contributed by atoms with van der Waals surface area (Å²) in [4.78, 5) is 14.0. The minimum Gasteiger partial charge on any atom is -0.317 e. The molecule has 1 aromatic carbocycles. The van der Waals surface area contributed by atoms with Gasteiger partial charge in [-0.05, 0) is 39.8 Å². The fourth-order valence-electron chi connectivity index (χ4n) is 1.87. The predicted molar refractivity (Wildman–Crippen MR) is 77.0 cm³/mol. The van der Waals surface area contributed by atoms with E-state index in [1.165, 1.54) is 0 Å². The van der Waals surface area contributed by atoms with Crippen molar-refractivity contribution in [1.29, 1.82) is 0 Å². The minimum absolute atomic E-state index is 0.0257. The van der Waals surface area contributed by atoms with E-state index in [-0.39, 0.29) is 12.1 Å². The van der Waals surface area contributed by atoms with E-state index in [1.807, 2.05) is 27.7 Å². The molecule has 0 aliphatic heterocycles. The molecule has 5 nitrogen and oxygen atoms in total. The smallest absolute Gasteiger partial charge is 0.317 e. The van der Waals surface area contributed by atoms with Crippen LogP contribution in [0.25, 0.3) is 0 Å². The van der Waals surface area contributed by atoms with Gasteiger partial charge in [-0.25, -0.2) is 14.1 Å². The fourth-order valence-corrected chi connectivity index (χ4v) is 2.85. The molecular weight excluding hydrogens is 263 g/mol. The maximum atomic E-state index is 12.3. The Hall–Kier alpha value is -1.40. The molecule has 2 amide bonds. The zero-order valence-electron chi connectivity index (χ0n) is 11.7. The summed E-state index contributed by atoms with van der Waals surface area (Å²) in [6.45, 7) is 7.53. The number of benzene rings is 1. The van der Waals surface area contributed by atoms with Gasteiger partial charge in [-0.3, -0.25) is 0 Å². The summed E-state index contributed by atoms with van der Waals surface area (Å²) in [5.41, 5.74) is 0. The van der Waals surface area contributed by atoms with Gasteiger partial charge in [-0.2, -0.15) is 0 Å². The molecule has 0 radical (unpaired) electrons. The van der Waals surface area contributed by atoms with Crippen LogP contribution in [0.2, 0.25) is 0 Å². The molecule has 6 heteroatoms. The summed E-state index contributed by atoms with van der Waals surface area (Å²) in [5.74, 6) is 0. The number of amides is 2. The summed E-state index contributed by atoms with van der Waals surface area (Å²) in [6.07, 6.45) is 0. The lowest BCUT2D eigenvalue weighted by Crippen LogP contribution is -2.41. The lowest BCUT2D eigenvalue weighted by Gasteiger charge is -2.28. The lowest BCUT2D eigenvalue weighted by molar-refractivity contribution is 0.175. The van der Waals surface area contributed by atoms with Crippen molar-refractivity contribution in [1.82, 2.24) is 4.90 Å². The van der Waals surface area contributed by atoms with Gasteiger partial charge in [0.15, 0.2) is 0 Å². The third-order valence-corrected chi connectivity index (χ3v) is 4.00. The van der Waals surface area contributed by atoms with Crippen molar-refractivity contribution in [2.75, 3.05) is 0 Å². The average molecular weight is 284 g/mol. The zero-order chi connectivity index (χ0) is 14.6. The van der Waals surface area contributed by atoms with E-state index in [9.17, 15) is 9.00 Å². The van der Waals surface area contributed by atoms with E-state index in [0.29, 0.717) is 4.90 Å². The van der Waals surface area contributed by atoms with E-state index in [1.54, 1.807) is 35.2 Å². The highest BCUT2D eigenvalue weighted by molar-refractivity contribution is 7.91. The number of hydrogen-bond donors (Lipinski definition) is 1. The Balaban J connectivity index is 3.14. The van der Waals surface area contributed by atoms with Crippen molar-refractivity contribution in [2.24, 2.45) is 9.50 Å². The first kappa shape index (κ1) is 15.7. The van der Waals surface area contributed by atoms with E-state index >= 15 is 0 Å². The minimum atomic E-state index is -3.19. The van der Waals surface area contributed by atoms with Crippen LogP contribution in [-0.4, -0.2) is 27.2 Å². The van der Waals surface area contributed by atoms with E-state index < -0.39 is 15.9 Å². The van der Waals surface area contributed by atoms with Crippen molar-refractivity contribution in [2.45, 2.75) is 44.7 Å². The molecular formula is C13H21N3O2S. The quantitative estimate of drug-likeness (QED) is 0.866. The van der Waals surface area contributed by atoms with Gasteiger partial charge in [0.2, 0.25) is 0 Å². The number of nitrogens with zero attached hydrogens (tertiary/aromatic N) is 2. The molecule has 106 valence electrons. The zero-order valence-corrected chi connectivity index (χ0v) is 12.6. The molecule has 0 spiro atoms. The lowest BCUT2D eigenvalue weighted by atomic mass is 10.2. The van der Waals surface area contributed by atoms with E-state index in [4.69, 9.17) is 5.14 Å². The number of nitrogens with two attached hydrogens (primary N) is 1. The van der Waals surface area contributed by atoms with Crippen molar-refractivity contribution in [3.63, 3.8) is 0 Å². The van der Waals surface area contributed by atoms with Crippen LogP contribution in [0.1, 0.15) is 27.7 Å². The Kier molecular flexibility index (Phi) is 5.08. The Bertz CT molecular complexity index is 538. The normalized spacial score (nSPS) is 14.3. The van der Waals surface area contributed by atoms with Gasteiger partial charge in [-0.1, -0.05) is 18.2 Å². The number of rotatable bonds is 3. The second-order valence-electron chi connectivity index (χ2n) is 4.85. The monoisotopic (exact) mass is 284 g/mol. The number of carbonyl (C=O) groups is 1. The van der Waals surface area contributed by atoms with Crippen molar-refractivity contribution < 1.29 is 9.00 Å². The van der Waals surface area contributed by atoms with Gasteiger partial charge in [-0.15, -0.1) is 4.36 Å². The van der Waals surface area contributed by atoms with Crippen LogP contribution in [0.4, 0.5) is 4.79 Å². The van der Waals surface area contributed by atoms with Crippen LogP contribution in [0.3, 0.4) is 0 Å². The third kappa shape index (κ3) is 4.04. The molecule has 0 heterocycles. The van der Waals surface area contributed by atoms with Gasteiger partial charge in [0.25, 0.3) is 0 Å². The summed E-state index contributed by atoms with van der Waals surface area (Å²) in [5, 5.41) is 5.69. The average Bonchev–Trinajstić information content (AvgIpc) is 2.28. The molecule has 1 atom stereocenters. The van der Waals surface area contributed by atoms with Crippen LogP contribution in [-0.2, 0) is 9.92 Å². The number of urea groups is 1. The van der Waals surface area contributed by atoms with Gasteiger partial charge in [0.1, 0.15) is 9.92 Å². The first-order chi connectivity index (χ1) is 8.75. The summed E-state index contributed by atoms with van der Waals surface area (Å²) < 4.78 is 16.0. The van der Waals surface area contributed by atoms with Crippen molar-refractivity contribution >= 4 is 15.9 Å². The molecule has 1 rings (SSSR count). The molecule has 0 aliphatic rings. The van der Waals surface area contributed by atoms with E-state index in [2.05, 4.69) is 4.36 Å². The van der Waals surface area contributed by atoms with Crippen molar-refractivity contribution in [3.05, 3.63) is 30.3 Å². The molecule has 0 fully saturated rings. The number of hydrogen-bond acceptors (Lipinski definition) is 2. The molecule has 1 unspecified atom stereocenters. The SMILES string of the molecule is CC(C)N(C(=O)N=S([15NH2])(=O)c1ccccc1)C(C)C. The largest absolute Gasteiger partial charge is 0.353 e. The van der Waals surface area contributed by atoms with Crippen molar-refractivity contribution in [3.8, 4) is 0 Å². The van der Waals surface area contributed by atoms with Crippen LogP contribution in [0.15, 0.2) is 39.6 Å². The van der Waals surface area contributed by atoms with Crippen LogP contribution in [0.5, 0.6) is 0 Å². The molecule has 0 aromatic heterocycles. The Labute approximate surface area is 115 Å². The molecule has 19 heavy (non-hydrogen) atoms. The Morgan fingerprint density at radius 2 is 1.63 bits per heavy atom. The van der Waals surface area contributed by atoms with Gasteiger partial charge in [0, 0.05) is 12.1 Å². The molecule has 0 saturated carbocycles. The molecule has 0 bridgehead atoms. The molecule has 0 saturated heterocycles. The first-order valence-electron chi connectivity index (χ1n) is 6.18. The summed E-state index contributed by atoms with van der Waals surface area (Å²) in [7, 11) is -3.19. The molecule has 2 N–H and O–H groups in total. The van der Waals surface area contributed by atoms with E-state index in [0.717, 1.165) is 0 Å². The Morgan fingerprint density at radius 1 is 1.16 bits per heavy atom. The highest BCUT2D eigenvalue weighted by Gasteiger charge is 2.21. The molecule has 1 aromatic rings. The topological polar surface area (TPSA) is 75.8 Å². The van der Waals surface area contributed by atoms with Gasteiger partial charge < -0.3 is 4.90 Å². The third-order valence-electron chi connectivity index (χ3n) is 2.63. The van der Waals surface area contributed by atoms with Gasteiger partial charge in [0.05, 0.1) is 4.90 Å². The molecule has 0 aliphatic carbocycles. The van der Waals surface area contributed by atoms with Crippen LogP contribution >= 0.6 is 0 Å². The second kappa shape index (κ2) is 6.16. The van der Waals surface area contributed by atoms with Crippen LogP contribution in [0, 0.1) is 0 Å². The second-order valence-corrected chi connectivity index (χ2v) is 6.64. The number of carbonyl (C=O) groups excluding carboxylic acids is 1. The highest BCUT2D eigenvalue weighted by atomic mass is 32.2. The maximum absolute atomic E-state index is 12.3. The highest BCUT2D eigenvalue weighted by Crippen LogP contribution is 2.12. The maximum Gasteiger partial charge on any atom is 0.353 e. The standard InChI is InChI=1S/C13H21N3O2S/c1-10(2)16(11(3)4)13(17)15-19(14,18)12-8-6-5-7-9-12/h5-11H,1-4H3,(H2,14,15,17,18)/i14+1. The first-order valence-corrected chi connectivity index (χ1v) is 7.76. The fraction of sp³-hybridized carbons (Fsp3) is 0.462.